The molecule has 3 rings (SSSR count). The molecule has 0 spiro atoms. The second-order valence-electron chi connectivity index (χ2n) is 7.07. The van der Waals surface area contributed by atoms with Crippen molar-refractivity contribution in [1.29, 1.82) is 0 Å². The van der Waals surface area contributed by atoms with Gasteiger partial charge in [0, 0.05) is 26.3 Å². The maximum Gasteiger partial charge on any atom is 0.244 e. The molecule has 0 radical (unpaired) electrons. The van der Waals surface area contributed by atoms with Gasteiger partial charge in [-0.2, -0.15) is 0 Å². The third kappa shape index (κ3) is 5.42. The molecule has 1 fully saturated rings. The van der Waals surface area contributed by atoms with Gasteiger partial charge in [0.15, 0.2) is 9.84 Å². The molecule has 1 atom stereocenters. The van der Waals surface area contributed by atoms with Crippen molar-refractivity contribution in [2.75, 3.05) is 31.4 Å². The third-order valence-corrected chi connectivity index (χ3v) is 9.18. The molecular weight excluding hydrogens is 450 g/mol. The molecule has 1 aliphatic rings. The minimum Gasteiger partial charge on any atom is -0.467 e. The molecule has 0 unspecified atom stereocenters. The van der Waals surface area contributed by atoms with E-state index in [1.54, 1.807) is 23.1 Å². The van der Waals surface area contributed by atoms with Gasteiger partial charge >= 0.3 is 0 Å². The Bertz CT molecular complexity index is 1080. The zero-order valence-corrected chi connectivity index (χ0v) is 19.0. The highest BCUT2D eigenvalue weighted by Crippen LogP contribution is 2.24. The van der Waals surface area contributed by atoms with Gasteiger partial charge in [-0.1, -0.05) is 11.8 Å². The van der Waals surface area contributed by atoms with Gasteiger partial charge in [0.1, 0.15) is 10.7 Å². The van der Waals surface area contributed by atoms with E-state index in [1.807, 2.05) is 0 Å². The third-order valence-electron chi connectivity index (χ3n) is 4.71. The summed E-state index contributed by atoms with van der Waals surface area (Å²) in [5, 5.41) is 0.498. The highest BCUT2D eigenvalue weighted by atomic mass is 32.2. The molecule has 0 bridgehead atoms. The number of hydrogen-bond donors (Lipinski definition) is 0. The Kier molecular flexibility index (Phi) is 6.90. The Morgan fingerprint density at radius 1 is 1.30 bits per heavy atom. The van der Waals surface area contributed by atoms with Crippen LogP contribution in [0, 0.1) is 0 Å². The number of aromatic nitrogens is 1. The van der Waals surface area contributed by atoms with Crippen molar-refractivity contribution in [3.8, 4) is 0 Å². The van der Waals surface area contributed by atoms with Gasteiger partial charge < -0.3 is 9.32 Å². The summed E-state index contributed by atoms with van der Waals surface area (Å²) < 4.78 is 54.4. The predicted molar refractivity (Wildman–Crippen MR) is 112 cm³/mol. The molecule has 2 aromatic heterocycles. The first-order chi connectivity index (χ1) is 14.1. The van der Waals surface area contributed by atoms with E-state index in [0.29, 0.717) is 17.2 Å². The van der Waals surface area contributed by atoms with Gasteiger partial charge in [0.2, 0.25) is 15.9 Å². The van der Waals surface area contributed by atoms with E-state index in [0.717, 1.165) is 4.31 Å². The van der Waals surface area contributed by atoms with E-state index in [9.17, 15) is 21.6 Å². The quantitative estimate of drug-likeness (QED) is 0.526. The van der Waals surface area contributed by atoms with Crippen LogP contribution in [0.1, 0.15) is 12.2 Å². The van der Waals surface area contributed by atoms with E-state index in [2.05, 4.69) is 4.98 Å². The number of pyridine rings is 1. The van der Waals surface area contributed by atoms with Crippen molar-refractivity contribution in [2.45, 2.75) is 28.9 Å². The minimum absolute atomic E-state index is 0.0457. The summed E-state index contributed by atoms with van der Waals surface area (Å²) >= 11 is 1.17. The molecule has 3 heterocycles. The lowest BCUT2D eigenvalue weighted by atomic mass is 10.2. The summed E-state index contributed by atoms with van der Waals surface area (Å²) in [5.74, 6) is 0.402. The summed E-state index contributed by atoms with van der Waals surface area (Å²) in [6.07, 6.45) is 3.16. The smallest absolute Gasteiger partial charge is 0.244 e. The minimum atomic E-state index is -3.57. The zero-order chi connectivity index (χ0) is 21.9. The van der Waals surface area contributed by atoms with E-state index in [-0.39, 0.29) is 34.6 Å². The number of thioether (sulfide) groups is 1. The van der Waals surface area contributed by atoms with Crippen molar-refractivity contribution < 1.29 is 26.0 Å². The number of carbonyl (C=O) groups excluding carboxylic acids is 1. The Hall–Kier alpha value is -1.89. The van der Waals surface area contributed by atoms with Crippen LogP contribution >= 0.6 is 11.8 Å². The molecule has 0 saturated carbocycles. The Morgan fingerprint density at radius 2 is 2.07 bits per heavy atom. The number of furan rings is 1. The molecule has 1 saturated heterocycles. The molecule has 1 aliphatic heterocycles. The standard InChI is InChI=1S/C18H23N3O6S3/c1-20(2)30(25,26)16-5-6-17(19-10-16)28-12-18(22)21(11-15-4-3-8-27-15)14-7-9-29(23,24)13-14/h3-6,8,10,14H,7,9,11-13H2,1-2H3/t14-/m0/s1. The summed E-state index contributed by atoms with van der Waals surface area (Å²) in [4.78, 5) is 18.6. The van der Waals surface area contributed by atoms with E-state index >= 15 is 0 Å². The number of amides is 1. The fourth-order valence-corrected chi connectivity index (χ4v) is 6.35. The monoisotopic (exact) mass is 473 g/mol. The van der Waals surface area contributed by atoms with Gasteiger partial charge in [0.25, 0.3) is 0 Å². The van der Waals surface area contributed by atoms with Gasteiger partial charge in [0.05, 0.1) is 35.1 Å². The summed E-state index contributed by atoms with van der Waals surface area (Å²) in [6, 6.07) is 6.05. The van der Waals surface area contributed by atoms with Crippen LogP contribution in [0.4, 0.5) is 0 Å². The average Bonchev–Trinajstić information content (AvgIpc) is 3.33. The second kappa shape index (κ2) is 9.08. The normalized spacial score (nSPS) is 18.6. The van der Waals surface area contributed by atoms with Crippen LogP contribution in [0.3, 0.4) is 0 Å². The summed E-state index contributed by atoms with van der Waals surface area (Å²) in [5.41, 5.74) is 0. The zero-order valence-electron chi connectivity index (χ0n) is 16.6. The highest BCUT2D eigenvalue weighted by molar-refractivity contribution is 7.99. The predicted octanol–water partition coefficient (Wildman–Crippen LogP) is 1.23. The molecule has 0 N–H and O–H groups in total. The van der Waals surface area contributed by atoms with Crippen LogP contribution in [0.15, 0.2) is 51.1 Å². The van der Waals surface area contributed by atoms with Crippen LogP contribution in [-0.2, 0) is 31.2 Å². The van der Waals surface area contributed by atoms with Gasteiger partial charge in [-0.3, -0.25) is 4.79 Å². The largest absolute Gasteiger partial charge is 0.467 e. The number of nitrogens with zero attached hydrogens (tertiary/aromatic N) is 3. The highest BCUT2D eigenvalue weighted by Gasteiger charge is 2.35. The molecule has 12 heteroatoms. The molecule has 164 valence electrons. The lowest BCUT2D eigenvalue weighted by Crippen LogP contribution is -2.41. The van der Waals surface area contributed by atoms with Gasteiger partial charge in [-0.25, -0.2) is 26.1 Å². The SMILES string of the molecule is CN(C)S(=O)(=O)c1ccc(SCC(=O)N(Cc2ccco2)[C@H]2CCS(=O)(=O)C2)nc1. The van der Waals surface area contributed by atoms with Crippen LogP contribution in [-0.4, -0.2) is 74.3 Å². The maximum absolute atomic E-state index is 12.9. The van der Waals surface area contributed by atoms with Crippen molar-refractivity contribution in [3.05, 3.63) is 42.5 Å². The van der Waals surface area contributed by atoms with Crippen LogP contribution in [0.2, 0.25) is 0 Å². The first-order valence-electron chi connectivity index (χ1n) is 9.12. The summed E-state index contributed by atoms with van der Waals surface area (Å²) in [6.45, 7) is 0.194. The molecule has 2 aromatic rings. The second-order valence-corrected chi connectivity index (χ2v) is 12.4. The van der Waals surface area contributed by atoms with Crippen LogP contribution in [0.25, 0.3) is 0 Å². The first kappa shape index (κ1) is 22.8. The number of rotatable bonds is 8. The topological polar surface area (TPSA) is 118 Å². The molecule has 9 nitrogen and oxygen atoms in total. The van der Waals surface area contributed by atoms with Crippen LogP contribution in [0.5, 0.6) is 0 Å². The fraction of sp³-hybridized carbons (Fsp3) is 0.444. The van der Waals surface area contributed by atoms with E-state index < -0.39 is 25.9 Å². The average molecular weight is 474 g/mol. The van der Waals surface area contributed by atoms with E-state index in [4.69, 9.17) is 4.42 Å². The van der Waals surface area contributed by atoms with Crippen molar-refractivity contribution in [2.24, 2.45) is 0 Å². The molecular formula is C18H23N3O6S3. The maximum atomic E-state index is 12.9. The molecule has 30 heavy (non-hydrogen) atoms. The lowest BCUT2D eigenvalue weighted by Gasteiger charge is -2.27. The Balaban J connectivity index is 1.68. The number of carbonyl (C=O) groups is 1. The molecule has 0 aromatic carbocycles. The fourth-order valence-electron chi connectivity index (χ4n) is 3.05. The van der Waals surface area contributed by atoms with Gasteiger partial charge in [-0.05, 0) is 30.7 Å². The number of hydrogen-bond acceptors (Lipinski definition) is 8. The molecule has 1 amide bonds. The number of sulfone groups is 1. The van der Waals surface area contributed by atoms with Crippen molar-refractivity contribution in [1.82, 2.24) is 14.2 Å². The summed E-state index contributed by atoms with van der Waals surface area (Å²) in [7, 11) is -3.84. The van der Waals surface area contributed by atoms with Crippen molar-refractivity contribution >= 4 is 37.5 Å². The van der Waals surface area contributed by atoms with Crippen molar-refractivity contribution in [3.63, 3.8) is 0 Å². The van der Waals surface area contributed by atoms with Gasteiger partial charge in [-0.15, -0.1) is 0 Å². The lowest BCUT2D eigenvalue weighted by molar-refractivity contribution is -0.131. The van der Waals surface area contributed by atoms with E-state index in [1.165, 1.54) is 44.4 Å². The number of sulfonamides is 1. The Labute approximate surface area is 180 Å². The first-order valence-corrected chi connectivity index (χ1v) is 13.4. The molecule has 0 aliphatic carbocycles. The Morgan fingerprint density at radius 3 is 2.60 bits per heavy atom. The van der Waals surface area contributed by atoms with Crippen LogP contribution < -0.4 is 0 Å².